The van der Waals surface area contributed by atoms with Crippen molar-refractivity contribution in [2.75, 3.05) is 29.9 Å². The van der Waals surface area contributed by atoms with Gasteiger partial charge in [-0.1, -0.05) is 29.3 Å². The summed E-state index contributed by atoms with van der Waals surface area (Å²) in [6.45, 7) is 5.30. The molecular formula is C21H21Cl2N3O2. The number of benzene rings is 2. The number of nitriles is 1. The summed E-state index contributed by atoms with van der Waals surface area (Å²) in [4.78, 5) is 14.5. The normalized spacial score (nSPS) is 11.1. The topological polar surface area (TPSA) is 76.4 Å². The molecule has 0 aliphatic carbocycles. The number of aryl methyl sites for hydroxylation is 1. The highest BCUT2D eigenvalue weighted by Gasteiger charge is 2.13. The van der Waals surface area contributed by atoms with Gasteiger partial charge in [0.2, 0.25) is 0 Å². The lowest BCUT2D eigenvalue weighted by Crippen LogP contribution is -2.26. The quantitative estimate of drug-likeness (QED) is 0.506. The first-order valence-electron chi connectivity index (χ1n) is 8.74. The second-order valence-electron chi connectivity index (χ2n) is 6.09. The Morgan fingerprint density at radius 2 is 2.04 bits per heavy atom. The molecular weight excluding hydrogens is 397 g/mol. The van der Waals surface area contributed by atoms with Gasteiger partial charge in [-0.15, -0.1) is 0 Å². The number of rotatable bonds is 7. The fourth-order valence-electron chi connectivity index (χ4n) is 2.69. The molecule has 0 heterocycles. The zero-order chi connectivity index (χ0) is 20.7. The zero-order valence-corrected chi connectivity index (χ0v) is 17.2. The van der Waals surface area contributed by atoms with Gasteiger partial charge in [0, 0.05) is 23.8 Å². The molecule has 0 aromatic heterocycles. The third kappa shape index (κ3) is 5.49. The minimum Gasteiger partial charge on any atom is -0.395 e. The van der Waals surface area contributed by atoms with Gasteiger partial charge in [-0.05, 0) is 61.4 Å². The van der Waals surface area contributed by atoms with E-state index in [0.717, 1.165) is 23.4 Å². The number of hydrogen-bond acceptors (Lipinski definition) is 4. The third-order valence-electron chi connectivity index (χ3n) is 4.21. The van der Waals surface area contributed by atoms with E-state index >= 15 is 0 Å². The molecule has 5 nitrogen and oxygen atoms in total. The molecule has 2 N–H and O–H groups in total. The maximum Gasteiger partial charge on any atom is 0.266 e. The highest BCUT2D eigenvalue weighted by molar-refractivity contribution is 6.36. The van der Waals surface area contributed by atoms with Crippen LogP contribution in [0.2, 0.25) is 10.0 Å². The van der Waals surface area contributed by atoms with Gasteiger partial charge in [-0.25, -0.2) is 0 Å². The Labute approximate surface area is 174 Å². The number of halogens is 2. The number of aliphatic hydroxyl groups is 1. The molecule has 0 saturated heterocycles. The molecule has 0 saturated carbocycles. The number of nitrogens with one attached hydrogen (secondary N) is 1. The van der Waals surface area contributed by atoms with Crippen molar-refractivity contribution in [2.24, 2.45) is 0 Å². The molecule has 0 aliphatic rings. The fourth-order valence-corrected chi connectivity index (χ4v) is 3.15. The average Bonchev–Trinajstić information content (AvgIpc) is 2.67. The highest BCUT2D eigenvalue weighted by Crippen LogP contribution is 2.26. The average molecular weight is 418 g/mol. The van der Waals surface area contributed by atoms with Crippen LogP contribution in [0.3, 0.4) is 0 Å². The fraction of sp³-hybridized carbons (Fsp3) is 0.238. The van der Waals surface area contributed by atoms with Gasteiger partial charge < -0.3 is 15.3 Å². The van der Waals surface area contributed by atoms with E-state index in [1.54, 1.807) is 18.2 Å². The number of carbonyl (C=O) groups is 1. The van der Waals surface area contributed by atoms with Gasteiger partial charge in [0.15, 0.2) is 0 Å². The first kappa shape index (κ1) is 21.8. The molecule has 2 aromatic carbocycles. The van der Waals surface area contributed by atoms with Crippen molar-refractivity contribution < 1.29 is 9.90 Å². The number of hydrogen-bond donors (Lipinski definition) is 2. The number of amides is 1. The Bertz CT molecular complexity index is 936. The van der Waals surface area contributed by atoms with Crippen LogP contribution in [0.5, 0.6) is 0 Å². The molecule has 0 bridgehead atoms. The van der Waals surface area contributed by atoms with Crippen molar-refractivity contribution in [2.45, 2.75) is 13.8 Å². The van der Waals surface area contributed by atoms with E-state index in [1.807, 2.05) is 43.0 Å². The molecule has 1 amide bonds. The maximum absolute atomic E-state index is 12.5. The summed E-state index contributed by atoms with van der Waals surface area (Å²) in [6.07, 6.45) is 1.54. The van der Waals surface area contributed by atoms with Crippen LogP contribution in [-0.2, 0) is 4.79 Å². The summed E-state index contributed by atoms with van der Waals surface area (Å²) < 4.78 is 0. The Hall–Kier alpha value is -2.52. The number of likely N-dealkylation sites (N-methyl/N-ethyl adjacent to an activating group) is 1. The van der Waals surface area contributed by atoms with E-state index in [9.17, 15) is 15.2 Å². The number of nitrogens with zero attached hydrogens (tertiary/aromatic N) is 2. The molecule has 0 unspecified atom stereocenters. The molecule has 2 rings (SSSR count). The largest absolute Gasteiger partial charge is 0.395 e. The van der Waals surface area contributed by atoms with E-state index < -0.39 is 5.91 Å². The summed E-state index contributed by atoms with van der Waals surface area (Å²) in [5.41, 5.74) is 3.00. The third-order valence-corrected chi connectivity index (χ3v) is 4.76. The first-order valence-corrected chi connectivity index (χ1v) is 9.49. The lowest BCUT2D eigenvalue weighted by atomic mass is 10.0. The van der Waals surface area contributed by atoms with E-state index in [1.165, 1.54) is 6.07 Å². The summed E-state index contributed by atoms with van der Waals surface area (Å²) >= 11 is 11.9. The monoisotopic (exact) mass is 417 g/mol. The Kier molecular flexibility index (Phi) is 7.89. The van der Waals surface area contributed by atoms with Crippen molar-refractivity contribution in [1.82, 2.24) is 0 Å². The van der Waals surface area contributed by atoms with Crippen LogP contribution in [-0.4, -0.2) is 30.7 Å². The standard InChI is InChI=1S/C21H21Cl2N3O2/c1-3-26(8-9-27)18-6-4-15(14(2)10-18)11-16(13-24)21(28)25-20-7-5-17(22)12-19(20)23/h4-7,10-12,27H,3,8-9H2,1-2H3,(H,25,28)/b16-11+. The van der Waals surface area contributed by atoms with Crippen LogP contribution >= 0.6 is 23.2 Å². The van der Waals surface area contributed by atoms with Gasteiger partial charge in [-0.2, -0.15) is 5.26 Å². The molecule has 0 atom stereocenters. The van der Waals surface area contributed by atoms with Gasteiger partial charge in [0.1, 0.15) is 11.6 Å². The lowest BCUT2D eigenvalue weighted by molar-refractivity contribution is -0.112. The minimum atomic E-state index is -0.550. The van der Waals surface area contributed by atoms with Crippen LogP contribution in [0.4, 0.5) is 11.4 Å². The number of carbonyl (C=O) groups excluding carboxylic acids is 1. The molecule has 0 spiro atoms. The van der Waals surface area contributed by atoms with Crippen LogP contribution in [0.15, 0.2) is 42.0 Å². The van der Waals surface area contributed by atoms with Crippen molar-refractivity contribution in [3.8, 4) is 6.07 Å². The first-order chi connectivity index (χ1) is 13.4. The number of aliphatic hydroxyl groups excluding tert-OH is 1. The molecule has 146 valence electrons. The predicted octanol–water partition coefficient (Wildman–Crippen LogP) is 4.67. The van der Waals surface area contributed by atoms with Crippen molar-refractivity contribution in [3.63, 3.8) is 0 Å². The lowest BCUT2D eigenvalue weighted by Gasteiger charge is -2.22. The molecule has 2 aromatic rings. The molecule has 28 heavy (non-hydrogen) atoms. The summed E-state index contributed by atoms with van der Waals surface area (Å²) in [6, 6.07) is 12.4. The van der Waals surface area contributed by atoms with Crippen LogP contribution in [0.25, 0.3) is 6.08 Å². The number of anilines is 2. The second kappa shape index (κ2) is 10.1. The molecule has 0 fully saturated rings. The van der Waals surface area contributed by atoms with Gasteiger partial charge >= 0.3 is 0 Å². The maximum atomic E-state index is 12.5. The Morgan fingerprint density at radius 3 is 2.61 bits per heavy atom. The smallest absolute Gasteiger partial charge is 0.266 e. The summed E-state index contributed by atoms with van der Waals surface area (Å²) in [7, 11) is 0. The highest BCUT2D eigenvalue weighted by atomic mass is 35.5. The summed E-state index contributed by atoms with van der Waals surface area (Å²) in [5.74, 6) is -0.550. The SMILES string of the molecule is CCN(CCO)c1ccc(/C=C(\C#N)C(=O)Nc2ccc(Cl)cc2Cl)c(C)c1. The predicted molar refractivity (Wildman–Crippen MR) is 115 cm³/mol. The second-order valence-corrected chi connectivity index (χ2v) is 6.94. The van der Waals surface area contributed by atoms with Crippen LogP contribution < -0.4 is 10.2 Å². The van der Waals surface area contributed by atoms with Gasteiger partial charge in [0.25, 0.3) is 5.91 Å². The van der Waals surface area contributed by atoms with E-state index in [4.69, 9.17) is 23.2 Å². The van der Waals surface area contributed by atoms with Gasteiger partial charge in [0.05, 0.1) is 17.3 Å². The van der Waals surface area contributed by atoms with Crippen molar-refractivity contribution >= 4 is 46.6 Å². The minimum absolute atomic E-state index is 0.0374. The van der Waals surface area contributed by atoms with E-state index in [0.29, 0.717) is 22.3 Å². The Morgan fingerprint density at radius 1 is 1.29 bits per heavy atom. The van der Waals surface area contributed by atoms with E-state index in [2.05, 4.69) is 5.32 Å². The zero-order valence-electron chi connectivity index (χ0n) is 15.7. The summed E-state index contributed by atoms with van der Waals surface area (Å²) in [5, 5.41) is 22.0. The van der Waals surface area contributed by atoms with Crippen molar-refractivity contribution in [3.05, 3.63) is 63.1 Å². The van der Waals surface area contributed by atoms with E-state index in [-0.39, 0.29) is 12.2 Å². The van der Waals surface area contributed by atoms with Gasteiger partial charge in [-0.3, -0.25) is 4.79 Å². The Balaban J connectivity index is 2.26. The molecule has 0 aliphatic heterocycles. The van der Waals surface area contributed by atoms with Crippen LogP contribution in [0, 0.1) is 18.3 Å². The van der Waals surface area contributed by atoms with Crippen molar-refractivity contribution in [1.29, 1.82) is 5.26 Å². The molecule has 0 radical (unpaired) electrons. The van der Waals surface area contributed by atoms with Crippen LogP contribution in [0.1, 0.15) is 18.1 Å². The molecule has 7 heteroatoms.